The molecular formula is C66H66N3O2Pt-. The summed E-state index contributed by atoms with van der Waals surface area (Å²) in [5.74, 6) is 0.923. The molecule has 10 aromatic rings. The van der Waals surface area contributed by atoms with Crippen LogP contribution < -0.4 is 0 Å². The fourth-order valence-corrected chi connectivity index (χ4v) is 10.1. The van der Waals surface area contributed by atoms with Gasteiger partial charge in [-0.3, -0.25) is 9.55 Å². The Bertz CT molecular complexity index is 3710. The summed E-state index contributed by atoms with van der Waals surface area (Å²) in [6.45, 7) is 31.1. The molecule has 72 heavy (non-hydrogen) atoms. The quantitative estimate of drug-likeness (QED) is 0.169. The van der Waals surface area contributed by atoms with E-state index >= 15 is 0 Å². The summed E-state index contributed by atoms with van der Waals surface area (Å²) >= 11 is 0. The Morgan fingerprint density at radius 2 is 1.18 bits per heavy atom. The third-order valence-electron chi connectivity index (χ3n) is 14.4. The van der Waals surface area contributed by atoms with Gasteiger partial charge in [-0.05, 0) is 117 Å². The summed E-state index contributed by atoms with van der Waals surface area (Å²) in [7, 11) is 0. The number of phenolic OH excluding ortho intramolecular Hbond substituents is 1. The molecular weight excluding hydrogens is 1060 g/mol. The first kappa shape index (κ1) is 50.4. The number of aromatic hydroxyl groups is 1. The number of pyridine rings is 1. The number of imidazole rings is 1. The van der Waals surface area contributed by atoms with Crippen LogP contribution in [0.3, 0.4) is 0 Å². The Morgan fingerprint density at radius 1 is 0.528 bits per heavy atom. The first-order valence-electron chi connectivity index (χ1n) is 25.0. The van der Waals surface area contributed by atoms with Crippen LogP contribution in [0.25, 0.3) is 94.7 Å². The zero-order valence-corrected chi connectivity index (χ0v) is 46.6. The number of phenols is 1. The second-order valence-corrected chi connectivity index (χ2v) is 23.8. The van der Waals surface area contributed by atoms with Crippen molar-refractivity contribution < 1.29 is 30.6 Å². The molecule has 0 bridgehead atoms. The summed E-state index contributed by atoms with van der Waals surface area (Å²) in [5, 5.41) is 14.9. The molecule has 0 unspecified atom stereocenters. The summed E-state index contributed by atoms with van der Waals surface area (Å²) in [6, 6.07) is 51.5. The molecule has 0 saturated carbocycles. The molecule has 1 N–H and O–H groups in total. The van der Waals surface area contributed by atoms with Crippen LogP contribution in [0.4, 0.5) is 0 Å². The van der Waals surface area contributed by atoms with Crippen molar-refractivity contribution in [2.24, 2.45) is 0 Å². The smallest absolute Gasteiger partial charge is 0.148 e. The molecule has 0 aliphatic carbocycles. The van der Waals surface area contributed by atoms with Crippen LogP contribution in [0.1, 0.15) is 116 Å². The van der Waals surface area contributed by atoms with E-state index in [9.17, 15) is 5.11 Å². The number of aryl methyl sites for hydroxylation is 1. The van der Waals surface area contributed by atoms with Gasteiger partial charge in [-0.2, -0.15) is 0 Å². The summed E-state index contributed by atoms with van der Waals surface area (Å²) < 4.78 is 8.68. The Balaban J connectivity index is 0.00000640. The number of hydrogen-bond acceptors (Lipinski definition) is 4. The van der Waals surface area contributed by atoms with Gasteiger partial charge in [0, 0.05) is 54.9 Å². The van der Waals surface area contributed by atoms with E-state index in [0.717, 1.165) is 100.0 Å². The molecule has 3 heterocycles. The minimum atomic E-state index is -0.341. The molecule has 0 radical (unpaired) electrons. The van der Waals surface area contributed by atoms with E-state index in [1.807, 2.05) is 18.3 Å². The van der Waals surface area contributed by atoms with Gasteiger partial charge in [-0.1, -0.05) is 173 Å². The molecule has 0 spiro atoms. The van der Waals surface area contributed by atoms with Crippen LogP contribution in [0.2, 0.25) is 0 Å². The van der Waals surface area contributed by atoms with E-state index in [2.05, 4.69) is 229 Å². The number of aromatic nitrogens is 3. The van der Waals surface area contributed by atoms with E-state index in [1.54, 1.807) is 0 Å². The maximum absolute atomic E-state index is 12.6. The number of benzene rings is 7. The monoisotopic (exact) mass is 1130 g/mol. The van der Waals surface area contributed by atoms with Crippen molar-refractivity contribution in [3.8, 4) is 67.5 Å². The van der Waals surface area contributed by atoms with Crippen molar-refractivity contribution in [1.29, 1.82) is 0 Å². The van der Waals surface area contributed by atoms with Crippen LogP contribution in [0.15, 0.2) is 144 Å². The van der Waals surface area contributed by atoms with Crippen molar-refractivity contribution in [2.45, 2.75) is 119 Å². The number of rotatable bonds is 6. The molecule has 0 amide bonds. The zero-order chi connectivity index (χ0) is 50.5. The second-order valence-electron chi connectivity index (χ2n) is 23.8. The Morgan fingerprint density at radius 3 is 1.88 bits per heavy atom. The number of fused-ring (bicyclic) bond motifs is 4. The molecule has 7 aromatic carbocycles. The number of hydrogen-bond donors (Lipinski definition) is 1. The molecule has 10 rings (SSSR count). The van der Waals surface area contributed by atoms with Gasteiger partial charge in [0.1, 0.15) is 22.7 Å². The van der Waals surface area contributed by atoms with Gasteiger partial charge in [0.15, 0.2) is 0 Å². The van der Waals surface area contributed by atoms with E-state index in [1.165, 1.54) is 16.7 Å². The maximum atomic E-state index is 12.6. The molecule has 0 saturated heterocycles. The molecule has 0 atom stereocenters. The standard InChI is InChI=1S/C66H66N3O2.Pt/c1-39-31-52-49-23-18-19-26-57(49)71-58(52)38-50(39)47-29-30-67-59(40(47)2)43-32-42(33-45(34-43)64(6,7)8)48-24-20-25-56-60(48)68-62(53-36-46(65(9,10)11)37-54(61(53)70)66(12,13)14)69(56)55-28-27-44(63(3,4)5)35-51(55)41-21-16-15-17-22-41;/h15-31,33-38,70H,1-14H3;/q-1;. The predicted molar refractivity (Wildman–Crippen MR) is 298 cm³/mol. The maximum Gasteiger partial charge on any atom is 0.148 e. The van der Waals surface area contributed by atoms with Gasteiger partial charge in [-0.25, -0.2) is 4.98 Å². The van der Waals surface area contributed by atoms with Crippen LogP contribution in [0.5, 0.6) is 5.75 Å². The van der Waals surface area contributed by atoms with Gasteiger partial charge in [0.2, 0.25) is 0 Å². The fourth-order valence-electron chi connectivity index (χ4n) is 10.1. The van der Waals surface area contributed by atoms with Gasteiger partial charge in [0.05, 0.1) is 22.3 Å². The normalized spacial score (nSPS) is 12.5. The van der Waals surface area contributed by atoms with Crippen molar-refractivity contribution in [1.82, 2.24) is 14.5 Å². The van der Waals surface area contributed by atoms with E-state index < -0.39 is 0 Å². The Labute approximate surface area is 440 Å². The third-order valence-corrected chi connectivity index (χ3v) is 14.4. The predicted octanol–water partition coefficient (Wildman–Crippen LogP) is 18.0. The van der Waals surface area contributed by atoms with Crippen molar-refractivity contribution in [3.63, 3.8) is 0 Å². The van der Waals surface area contributed by atoms with Gasteiger partial charge >= 0.3 is 0 Å². The van der Waals surface area contributed by atoms with Crippen LogP contribution in [0, 0.1) is 19.9 Å². The summed E-state index contributed by atoms with van der Waals surface area (Å²) in [6.07, 6.45) is 1.92. The van der Waals surface area contributed by atoms with Gasteiger partial charge < -0.3 is 9.52 Å². The van der Waals surface area contributed by atoms with E-state index in [4.69, 9.17) is 14.4 Å². The topological polar surface area (TPSA) is 64.1 Å². The molecule has 5 nitrogen and oxygen atoms in total. The van der Waals surface area contributed by atoms with Crippen molar-refractivity contribution in [2.75, 3.05) is 0 Å². The minimum absolute atomic E-state index is 0. The average Bonchev–Trinajstić information content (AvgIpc) is 3.88. The molecule has 0 fully saturated rings. The Kier molecular flexibility index (Phi) is 12.7. The zero-order valence-electron chi connectivity index (χ0n) is 44.3. The minimum Gasteiger partial charge on any atom is -0.507 e. The molecule has 0 aliphatic heterocycles. The van der Waals surface area contributed by atoms with Crippen LogP contribution >= 0.6 is 0 Å². The number of para-hydroxylation sites is 2. The van der Waals surface area contributed by atoms with Crippen molar-refractivity contribution >= 4 is 33.0 Å². The van der Waals surface area contributed by atoms with Gasteiger partial charge in [-0.15, -0.1) is 29.3 Å². The second kappa shape index (κ2) is 18.2. The molecule has 368 valence electrons. The average molecular weight is 1130 g/mol. The number of nitrogens with zero attached hydrogens (tertiary/aromatic N) is 3. The van der Waals surface area contributed by atoms with Crippen LogP contribution in [-0.2, 0) is 42.7 Å². The first-order valence-corrected chi connectivity index (χ1v) is 25.0. The first-order chi connectivity index (χ1) is 33.5. The Hall–Kier alpha value is -6.55. The van der Waals surface area contributed by atoms with E-state index in [-0.39, 0.29) is 48.5 Å². The molecule has 6 heteroatoms. The molecule has 3 aromatic heterocycles. The SMILES string of the molecule is Cc1cc2c(cc1-c1ccnc(-c3[c-]c(-c4cccc5c4nc(-c4cc(C(C)(C)C)cc(C(C)(C)C)c4O)n5-c4ccc(C(C)(C)C)cc4-c4ccccc4)cc(C(C)(C)C)c3)c1C)oc1ccccc12.[Pt]. The molecule has 0 aliphatic rings. The summed E-state index contributed by atoms with van der Waals surface area (Å²) in [5.41, 5.74) is 19.1. The van der Waals surface area contributed by atoms with Crippen LogP contribution in [-0.4, -0.2) is 19.6 Å². The fraction of sp³-hybridized carbons (Fsp3) is 0.273. The van der Waals surface area contributed by atoms with E-state index in [0.29, 0.717) is 11.4 Å². The third kappa shape index (κ3) is 9.04. The summed E-state index contributed by atoms with van der Waals surface area (Å²) in [4.78, 5) is 10.8. The van der Waals surface area contributed by atoms with Crippen molar-refractivity contribution in [3.05, 3.63) is 179 Å². The van der Waals surface area contributed by atoms with Gasteiger partial charge in [0.25, 0.3) is 0 Å². The largest absolute Gasteiger partial charge is 0.507 e. The number of furan rings is 1.